The van der Waals surface area contributed by atoms with Crippen molar-refractivity contribution in [2.24, 2.45) is 0 Å². The third kappa shape index (κ3) is 4.97. The Morgan fingerprint density at radius 2 is 1.04 bits per heavy atom. The zero-order valence-electron chi connectivity index (χ0n) is 15.6. The number of aryl methyl sites for hydroxylation is 2. The van der Waals surface area contributed by atoms with Crippen LogP contribution in [-0.4, -0.2) is 23.4 Å². The van der Waals surface area contributed by atoms with Gasteiger partial charge in [-0.05, 0) is 38.8 Å². The van der Waals surface area contributed by atoms with E-state index in [4.69, 9.17) is 9.47 Å². The number of benzene rings is 2. The number of hydrogen-bond acceptors (Lipinski definition) is 4. The van der Waals surface area contributed by atoms with Gasteiger partial charge in [0.25, 0.3) is 0 Å². The highest BCUT2D eigenvalue weighted by Gasteiger charge is 2.14. The SMILES string of the molecule is CCOCc1cc(C)cc(Cc2cc(C)cc(COCC)c2O)c1O. The molecule has 4 nitrogen and oxygen atoms in total. The van der Waals surface area contributed by atoms with E-state index in [0.717, 1.165) is 33.4 Å². The number of phenols is 2. The van der Waals surface area contributed by atoms with Gasteiger partial charge < -0.3 is 19.7 Å². The van der Waals surface area contributed by atoms with Crippen LogP contribution in [-0.2, 0) is 29.1 Å². The van der Waals surface area contributed by atoms with Crippen LogP contribution in [0, 0.1) is 13.8 Å². The number of ether oxygens (including phenoxy) is 2. The lowest BCUT2D eigenvalue weighted by Crippen LogP contribution is -2.00. The maximum atomic E-state index is 10.6. The molecule has 0 fully saturated rings. The van der Waals surface area contributed by atoms with Crippen molar-refractivity contribution in [3.8, 4) is 11.5 Å². The average Bonchev–Trinajstić information content (AvgIpc) is 2.58. The Labute approximate surface area is 150 Å². The molecule has 136 valence electrons. The van der Waals surface area contributed by atoms with Gasteiger partial charge in [-0.25, -0.2) is 0 Å². The van der Waals surface area contributed by atoms with Crippen molar-refractivity contribution in [2.75, 3.05) is 13.2 Å². The molecule has 0 bridgehead atoms. The summed E-state index contributed by atoms with van der Waals surface area (Å²) in [6.07, 6.45) is 0.458. The van der Waals surface area contributed by atoms with Crippen LogP contribution in [0.4, 0.5) is 0 Å². The summed E-state index contributed by atoms with van der Waals surface area (Å²) < 4.78 is 10.9. The predicted molar refractivity (Wildman–Crippen MR) is 99.2 cm³/mol. The zero-order chi connectivity index (χ0) is 18.4. The van der Waals surface area contributed by atoms with Crippen molar-refractivity contribution < 1.29 is 19.7 Å². The highest BCUT2D eigenvalue weighted by Crippen LogP contribution is 2.32. The van der Waals surface area contributed by atoms with Crippen molar-refractivity contribution in [1.29, 1.82) is 0 Å². The fourth-order valence-electron chi connectivity index (χ4n) is 2.99. The van der Waals surface area contributed by atoms with E-state index in [1.54, 1.807) is 0 Å². The molecule has 25 heavy (non-hydrogen) atoms. The molecule has 0 aromatic heterocycles. The van der Waals surface area contributed by atoms with E-state index in [1.807, 2.05) is 52.0 Å². The number of hydrogen-bond donors (Lipinski definition) is 2. The van der Waals surface area contributed by atoms with Gasteiger partial charge in [-0.1, -0.05) is 35.4 Å². The van der Waals surface area contributed by atoms with Crippen molar-refractivity contribution in [2.45, 2.75) is 47.3 Å². The fourth-order valence-corrected chi connectivity index (χ4v) is 2.99. The third-order valence-corrected chi connectivity index (χ3v) is 4.13. The first-order chi connectivity index (χ1) is 12.0. The first kappa shape index (κ1) is 19.3. The van der Waals surface area contributed by atoms with Crippen molar-refractivity contribution >= 4 is 0 Å². The largest absolute Gasteiger partial charge is 0.507 e. The van der Waals surface area contributed by atoms with Crippen molar-refractivity contribution in [3.05, 3.63) is 57.6 Å². The lowest BCUT2D eigenvalue weighted by atomic mass is 9.95. The lowest BCUT2D eigenvalue weighted by Gasteiger charge is -2.15. The van der Waals surface area contributed by atoms with Gasteiger partial charge in [0.05, 0.1) is 13.2 Å². The van der Waals surface area contributed by atoms with Crippen LogP contribution in [0.3, 0.4) is 0 Å². The fraction of sp³-hybridized carbons (Fsp3) is 0.429. The van der Waals surface area contributed by atoms with E-state index < -0.39 is 0 Å². The summed E-state index contributed by atoms with van der Waals surface area (Å²) in [6.45, 7) is 9.81. The zero-order valence-corrected chi connectivity index (χ0v) is 15.6. The first-order valence-electron chi connectivity index (χ1n) is 8.74. The number of rotatable bonds is 8. The molecule has 0 aliphatic heterocycles. The summed E-state index contributed by atoms with van der Waals surface area (Å²) >= 11 is 0. The predicted octanol–water partition coefficient (Wildman–Crippen LogP) is 4.38. The van der Waals surface area contributed by atoms with E-state index >= 15 is 0 Å². The van der Waals surface area contributed by atoms with Crippen LogP contribution >= 0.6 is 0 Å². The summed E-state index contributed by atoms with van der Waals surface area (Å²) in [7, 11) is 0. The van der Waals surface area contributed by atoms with E-state index in [-0.39, 0.29) is 11.5 Å². The summed E-state index contributed by atoms with van der Waals surface area (Å²) in [4.78, 5) is 0. The summed E-state index contributed by atoms with van der Waals surface area (Å²) in [5, 5.41) is 21.2. The molecule has 0 unspecified atom stereocenters. The Balaban J connectivity index is 2.36. The Hall–Kier alpha value is -2.04. The minimum Gasteiger partial charge on any atom is -0.507 e. The first-order valence-corrected chi connectivity index (χ1v) is 8.74. The van der Waals surface area contributed by atoms with E-state index in [1.165, 1.54) is 0 Å². The smallest absolute Gasteiger partial charge is 0.124 e. The molecule has 2 rings (SSSR count). The number of phenolic OH excluding ortho intramolecular Hbond substituents is 2. The lowest BCUT2D eigenvalue weighted by molar-refractivity contribution is 0.132. The van der Waals surface area contributed by atoms with Gasteiger partial charge in [-0.2, -0.15) is 0 Å². The van der Waals surface area contributed by atoms with Crippen LogP contribution in [0.15, 0.2) is 24.3 Å². The Morgan fingerprint density at radius 1 is 0.680 bits per heavy atom. The van der Waals surface area contributed by atoms with E-state index in [9.17, 15) is 10.2 Å². The van der Waals surface area contributed by atoms with Crippen LogP contribution in [0.2, 0.25) is 0 Å². The van der Waals surface area contributed by atoms with Crippen molar-refractivity contribution in [3.63, 3.8) is 0 Å². The Morgan fingerprint density at radius 3 is 1.40 bits per heavy atom. The molecular formula is C21H28O4. The second-order valence-corrected chi connectivity index (χ2v) is 6.31. The molecule has 0 heterocycles. The monoisotopic (exact) mass is 344 g/mol. The molecular weight excluding hydrogens is 316 g/mol. The van der Waals surface area contributed by atoms with Gasteiger partial charge in [0.15, 0.2) is 0 Å². The van der Waals surface area contributed by atoms with Crippen LogP contribution in [0.1, 0.15) is 47.2 Å². The Bertz CT molecular complexity index is 661. The maximum absolute atomic E-state index is 10.6. The second kappa shape index (κ2) is 8.88. The van der Waals surface area contributed by atoms with E-state index in [2.05, 4.69) is 0 Å². The van der Waals surface area contributed by atoms with Gasteiger partial charge in [0, 0.05) is 30.8 Å². The maximum Gasteiger partial charge on any atom is 0.124 e. The standard InChI is InChI=1S/C21H28O4/c1-5-24-12-18-9-14(3)7-16(20(18)22)11-17-8-15(4)10-19(21(17)23)13-25-6-2/h7-10,22-23H,5-6,11-13H2,1-4H3. The Kier molecular flexibility index (Phi) is 6.85. The minimum atomic E-state index is 0.242. The molecule has 0 atom stereocenters. The molecule has 0 amide bonds. The average molecular weight is 344 g/mol. The van der Waals surface area contributed by atoms with Gasteiger partial charge in [0.1, 0.15) is 11.5 Å². The molecule has 2 aromatic carbocycles. The molecule has 2 aromatic rings. The number of aromatic hydroxyl groups is 2. The van der Waals surface area contributed by atoms with Crippen LogP contribution in [0.5, 0.6) is 11.5 Å². The summed E-state index contributed by atoms with van der Waals surface area (Å²) in [5.74, 6) is 0.484. The van der Waals surface area contributed by atoms with Gasteiger partial charge in [-0.3, -0.25) is 0 Å². The molecule has 0 saturated heterocycles. The highest BCUT2D eigenvalue weighted by atomic mass is 16.5. The molecule has 2 N–H and O–H groups in total. The molecule has 0 radical (unpaired) electrons. The molecule has 0 aliphatic carbocycles. The molecule has 0 aliphatic rings. The normalized spacial score (nSPS) is 11.0. The second-order valence-electron chi connectivity index (χ2n) is 6.31. The summed E-state index contributed by atoms with van der Waals surface area (Å²) in [5.41, 5.74) is 5.25. The quantitative estimate of drug-likeness (QED) is 0.746. The molecule has 4 heteroatoms. The molecule has 0 saturated carbocycles. The summed E-state index contributed by atoms with van der Waals surface area (Å²) in [6, 6.07) is 7.78. The van der Waals surface area contributed by atoms with E-state index in [0.29, 0.717) is 32.8 Å². The van der Waals surface area contributed by atoms with Crippen molar-refractivity contribution in [1.82, 2.24) is 0 Å². The van der Waals surface area contributed by atoms with Gasteiger partial charge >= 0.3 is 0 Å². The van der Waals surface area contributed by atoms with Gasteiger partial charge in [0.2, 0.25) is 0 Å². The minimum absolute atomic E-state index is 0.242. The van der Waals surface area contributed by atoms with Crippen LogP contribution < -0.4 is 0 Å². The molecule has 0 spiro atoms. The van der Waals surface area contributed by atoms with Crippen LogP contribution in [0.25, 0.3) is 0 Å². The van der Waals surface area contributed by atoms with Gasteiger partial charge in [-0.15, -0.1) is 0 Å². The topological polar surface area (TPSA) is 58.9 Å². The highest BCUT2D eigenvalue weighted by molar-refractivity contribution is 5.50. The third-order valence-electron chi connectivity index (χ3n) is 4.13.